The maximum Gasteiger partial charge on any atom is 0.336 e. The zero-order valence-corrected chi connectivity index (χ0v) is 38.1. The molecule has 1 aromatic carbocycles. The van der Waals surface area contributed by atoms with Crippen LogP contribution in [0.5, 0.6) is 0 Å². The average Bonchev–Trinajstić information content (AvgIpc) is 3.02. The summed E-state index contributed by atoms with van der Waals surface area (Å²) in [5, 5.41) is 57.3. The van der Waals surface area contributed by atoms with Crippen molar-refractivity contribution in [3.63, 3.8) is 0 Å². The maximum absolute atomic E-state index is 14.8. The van der Waals surface area contributed by atoms with E-state index in [1.807, 2.05) is 0 Å². The van der Waals surface area contributed by atoms with Crippen LogP contribution in [0.3, 0.4) is 0 Å². The van der Waals surface area contributed by atoms with E-state index in [0.29, 0.717) is 11.1 Å². The van der Waals surface area contributed by atoms with Crippen molar-refractivity contribution in [2.75, 3.05) is 26.6 Å². The van der Waals surface area contributed by atoms with Crippen molar-refractivity contribution in [2.24, 2.45) is 22.2 Å². The summed E-state index contributed by atoms with van der Waals surface area (Å²) in [7, 11) is 0. The molecular weight excluding hydrogens is 1050 g/mol. The largest absolute Gasteiger partial charge is 0.456 e. The van der Waals surface area contributed by atoms with Crippen LogP contribution in [-0.4, -0.2) is 106 Å². The Kier molecular flexibility index (Phi) is 14.0. The van der Waals surface area contributed by atoms with E-state index in [9.17, 15) is 30.0 Å². The number of rotatable bonds is 9. The molecule has 8 unspecified atom stereocenters. The van der Waals surface area contributed by atoms with E-state index in [1.54, 1.807) is 71.9 Å². The standard InChI is InChI=1S/C35H48O11.2Ac/c1-19(22-11-9-8-10-12-22)27(37)30(40)46-23-16-34(41)21(3)33(7)32(6,29(39)28(38)26(20(23)2)31(34,4)5)24(45-18-43-14-13-36)15-25-35(33,42)17-44-25;;/h1,8-12,19,21,23-25,27-28,36-38,41-42H,13-18H2,2-7H3;;/t19-,21-,23?,24?,25?,27?,28?,32-,33?,34?,35?;;/m0../s1. The fourth-order valence-corrected chi connectivity index (χ4v) is 9.15. The Morgan fingerprint density at radius 2 is 1.73 bits per heavy atom. The third-order valence-electron chi connectivity index (χ3n) is 12.5. The van der Waals surface area contributed by atoms with E-state index in [-0.39, 0.29) is 133 Å². The van der Waals surface area contributed by atoms with Crippen LogP contribution >= 0.6 is 0 Å². The fraction of sp³-hybridized carbons (Fsp3) is 0.686. The first-order chi connectivity index (χ1) is 21.4. The van der Waals surface area contributed by atoms with Gasteiger partial charge < -0.3 is 44.5 Å². The van der Waals surface area contributed by atoms with E-state index in [4.69, 9.17) is 31.0 Å². The number of esters is 1. The van der Waals surface area contributed by atoms with Crippen molar-refractivity contribution in [1.82, 2.24) is 0 Å². The second-order valence-electron chi connectivity index (χ2n) is 14.4. The number of fused-ring (bicyclic) bond motifs is 5. The van der Waals surface area contributed by atoms with Gasteiger partial charge in [-0.25, -0.2) is 4.79 Å². The number of carbonyl (C=O) groups is 2. The van der Waals surface area contributed by atoms with Crippen LogP contribution in [0.15, 0.2) is 41.5 Å². The molecule has 3 aliphatic carbocycles. The van der Waals surface area contributed by atoms with Gasteiger partial charge in [0.25, 0.3) is 0 Å². The van der Waals surface area contributed by atoms with Crippen LogP contribution < -0.4 is 0 Å². The molecule has 260 valence electrons. The zero-order valence-electron chi connectivity index (χ0n) is 28.6. The van der Waals surface area contributed by atoms with Gasteiger partial charge >= 0.3 is 5.97 Å². The number of hydrogen-bond acceptors (Lipinski definition) is 11. The molecule has 5 rings (SSSR count). The SMILES string of the molecule is [Ac].[Ac].[CH][C@@H](c1ccccc1)C(O)C(=O)OC1CC2(O)[C@@H](C)C3(C)C4(O)COC4CC(OCOCCO)[C@@]3(C)C(=O)C(O)C(=C1C)C2(C)C. The predicted octanol–water partition coefficient (Wildman–Crippen LogP) is 1.71. The quantitative estimate of drug-likeness (QED) is 0.106. The number of benzene rings is 1. The smallest absolute Gasteiger partial charge is 0.336 e. The summed E-state index contributed by atoms with van der Waals surface area (Å²) < 4.78 is 23.1. The van der Waals surface area contributed by atoms with E-state index >= 15 is 0 Å². The third kappa shape index (κ3) is 6.26. The first-order valence-electron chi connectivity index (χ1n) is 15.9. The van der Waals surface area contributed by atoms with Crippen LogP contribution in [0.1, 0.15) is 65.9 Å². The van der Waals surface area contributed by atoms with Crippen LogP contribution in [0.25, 0.3) is 0 Å². The first kappa shape index (κ1) is 43.1. The number of Topliss-reactive ketones (excluding diaryl/α,β-unsaturated/α-hetero) is 1. The summed E-state index contributed by atoms with van der Waals surface area (Å²) in [6, 6.07) is 8.61. The Labute approximate surface area is 354 Å². The Bertz CT molecular complexity index is 1370. The second-order valence-corrected chi connectivity index (χ2v) is 14.4. The molecular formula is C35H48Ac2O11. The summed E-state index contributed by atoms with van der Waals surface area (Å²) in [4.78, 5) is 28.1. The summed E-state index contributed by atoms with van der Waals surface area (Å²) >= 11 is 0. The molecule has 0 spiro atoms. The molecule has 0 amide bonds. The van der Waals surface area contributed by atoms with Crippen molar-refractivity contribution in [3.05, 3.63) is 54.0 Å². The van der Waals surface area contributed by atoms with Crippen molar-refractivity contribution < 1.29 is 142 Å². The van der Waals surface area contributed by atoms with E-state index in [1.165, 1.54) is 0 Å². The minimum absolute atomic E-state index is 0. The van der Waals surface area contributed by atoms with Crippen LogP contribution in [0.2, 0.25) is 0 Å². The molecule has 11 atom stereocenters. The topological polar surface area (TPSA) is 172 Å². The fourth-order valence-electron chi connectivity index (χ4n) is 9.15. The molecule has 13 heteroatoms. The summed E-state index contributed by atoms with van der Waals surface area (Å²) in [5.74, 6) is -3.57. The molecule has 2 bridgehead atoms. The Morgan fingerprint density at radius 1 is 1.10 bits per heavy atom. The average molecular weight is 1100 g/mol. The van der Waals surface area contributed by atoms with Gasteiger partial charge in [-0.15, -0.1) is 0 Å². The number of ketones is 1. The number of carbonyl (C=O) groups excluding carboxylic acids is 2. The number of ether oxygens (including phenoxy) is 4. The summed E-state index contributed by atoms with van der Waals surface area (Å²) in [6.45, 7) is 15.9. The molecule has 11 nitrogen and oxygen atoms in total. The van der Waals surface area contributed by atoms with Gasteiger partial charge in [0.2, 0.25) is 0 Å². The molecule has 0 aromatic heterocycles. The molecule has 3 fully saturated rings. The molecule has 2 saturated carbocycles. The van der Waals surface area contributed by atoms with E-state index in [0.717, 1.165) is 0 Å². The van der Waals surface area contributed by atoms with Crippen LogP contribution in [-0.2, 0) is 28.5 Å². The summed E-state index contributed by atoms with van der Waals surface area (Å²) in [5.41, 5.74) is -6.45. The Balaban J connectivity index is 0.00000312. The number of hydrogen-bond donors (Lipinski definition) is 5. The van der Waals surface area contributed by atoms with Crippen molar-refractivity contribution in [2.45, 2.75) is 102 Å². The minimum atomic E-state index is -1.76. The Morgan fingerprint density at radius 3 is 2.29 bits per heavy atom. The molecule has 1 aliphatic heterocycles. The monoisotopic (exact) mass is 1100 g/mol. The van der Waals surface area contributed by atoms with E-state index in [2.05, 4.69) is 0 Å². The van der Waals surface area contributed by atoms with Gasteiger partial charge in [-0.05, 0) is 43.4 Å². The molecule has 48 heavy (non-hydrogen) atoms. The van der Waals surface area contributed by atoms with Gasteiger partial charge in [0.15, 0.2) is 11.9 Å². The van der Waals surface area contributed by atoms with Crippen LogP contribution in [0, 0.1) is 117 Å². The zero-order chi connectivity index (χ0) is 34.0. The number of aliphatic hydroxyl groups excluding tert-OH is 3. The van der Waals surface area contributed by atoms with Gasteiger partial charge in [-0.2, -0.15) is 0 Å². The molecule has 1 saturated heterocycles. The van der Waals surface area contributed by atoms with Crippen molar-refractivity contribution >= 4 is 11.8 Å². The molecule has 4 radical (unpaired) electrons. The van der Waals surface area contributed by atoms with Gasteiger partial charge in [0.05, 0.1) is 43.0 Å². The molecule has 1 heterocycles. The Hall–Kier alpha value is 0.663. The number of aliphatic hydroxyl groups is 5. The normalized spacial score (nSPS) is 39.6. The van der Waals surface area contributed by atoms with Gasteiger partial charge in [-0.1, -0.05) is 58.0 Å². The van der Waals surface area contributed by atoms with Gasteiger partial charge in [0.1, 0.15) is 24.6 Å². The van der Waals surface area contributed by atoms with Gasteiger partial charge in [-0.3, -0.25) is 4.79 Å². The first-order valence-corrected chi connectivity index (χ1v) is 15.9. The van der Waals surface area contributed by atoms with Crippen LogP contribution in [0.4, 0.5) is 0 Å². The predicted molar refractivity (Wildman–Crippen MR) is 164 cm³/mol. The van der Waals surface area contributed by atoms with Crippen molar-refractivity contribution in [3.8, 4) is 0 Å². The van der Waals surface area contributed by atoms with Crippen molar-refractivity contribution in [1.29, 1.82) is 0 Å². The molecule has 5 N–H and O–H groups in total. The minimum Gasteiger partial charge on any atom is -0.456 e. The van der Waals surface area contributed by atoms with E-state index < -0.39 is 81.6 Å². The third-order valence-corrected chi connectivity index (χ3v) is 12.5. The molecule has 4 aliphatic rings. The summed E-state index contributed by atoms with van der Waals surface area (Å²) in [6.07, 6.45) is -6.23. The van der Waals surface area contributed by atoms with Gasteiger partial charge in [0, 0.05) is 118 Å². The molecule has 1 aromatic rings. The maximum atomic E-state index is 14.8. The second kappa shape index (κ2) is 15.6.